The number of benzene rings is 2. The first-order valence-electron chi connectivity index (χ1n) is 18.9. The van der Waals surface area contributed by atoms with E-state index in [1.807, 2.05) is 0 Å². The van der Waals surface area contributed by atoms with Crippen molar-refractivity contribution in [3.05, 3.63) is 67.8 Å². The molecule has 0 amide bonds. The van der Waals surface area contributed by atoms with E-state index in [1.54, 1.807) is 50.1 Å². The minimum Gasteiger partial charge on any atom is -0.0584 e. The van der Waals surface area contributed by atoms with Gasteiger partial charge in [-0.2, -0.15) is 0 Å². The van der Waals surface area contributed by atoms with Gasteiger partial charge in [-0.15, -0.1) is 0 Å². The minimum atomic E-state index is 0.0265. The zero-order chi connectivity index (χ0) is 37.3. The molecule has 0 aliphatic heterocycles. The predicted octanol–water partition coefficient (Wildman–Crippen LogP) is 14.2. The molecule has 0 heteroatoms. The van der Waals surface area contributed by atoms with E-state index in [-0.39, 0.29) is 43.3 Å². The summed E-state index contributed by atoms with van der Waals surface area (Å²) in [6.45, 7) is 58.6. The molecule has 0 radical (unpaired) electrons. The van der Waals surface area contributed by atoms with Gasteiger partial charge in [-0.05, 0) is 118 Å². The van der Waals surface area contributed by atoms with Crippen LogP contribution >= 0.6 is 0 Å². The second-order valence-corrected chi connectivity index (χ2v) is 23.2. The summed E-state index contributed by atoms with van der Waals surface area (Å²) < 4.78 is 0. The highest BCUT2D eigenvalue weighted by Crippen LogP contribution is 2.52. The van der Waals surface area contributed by atoms with Crippen molar-refractivity contribution < 1.29 is 0 Å². The lowest BCUT2D eigenvalue weighted by atomic mass is 9.58. The molecule has 2 aromatic carbocycles. The molecule has 0 spiro atoms. The molecule has 2 aromatic rings. The highest BCUT2D eigenvalue weighted by atomic mass is 14.5. The van der Waals surface area contributed by atoms with Crippen LogP contribution in [0, 0.1) is 0 Å². The van der Waals surface area contributed by atoms with Gasteiger partial charge < -0.3 is 0 Å². The zero-order valence-corrected chi connectivity index (χ0v) is 36.3. The molecule has 0 aromatic heterocycles. The van der Waals surface area contributed by atoms with E-state index >= 15 is 0 Å². The second-order valence-electron chi connectivity index (χ2n) is 23.2. The van der Waals surface area contributed by atoms with Crippen LogP contribution in [0.3, 0.4) is 0 Å². The Hall–Kier alpha value is -1.56. The Bertz CT molecular complexity index is 1360. The van der Waals surface area contributed by atoms with Crippen LogP contribution in [0.15, 0.2) is 12.1 Å². The normalized spacial score (nSPS) is 14.6. The molecule has 47 heavy (non-hydrogen) atoms. The van der Waals surface area contributed by atoms with Gasteiger partial charge in [0.15, 0.2) is 0 Å². The number of hydrogen-bond donors (Lipinski definition) is 0. The summed E-state index contributed by atoms with van der Waals surface area (Å²) >= 11 is 0. The summed E-state index contributed by atoms with van der Waals surface area (Å²) in [7, 11) is 0. The highest BCUT2D eigenvalue weighted by molar-refractivity contribution is 5.62. The lowest BCUT2D eigenvalue weighted by Gasteiger charge is -2.46. The fourth-order valence-electron chi connectivity index (χ4n) is 8.53. The van der Waals surface area contributed by atoms with Crippen LogP contribution in [0.25, 0.3) is 0 Å². The first kappa shape index (κ1) is 41.6. The van der Waals surface area contributed by atoms with Gasteiger partial charge >= 0.3 is 0 Å². The van der Waals surface area contributed by atoms with Gasteiger partial charge in [0.05, 0.1) is 0 Å². The highest BCUT2D eigenvalue weighted by Gasteiger charge is 2.42. The number of aryl methyl sites for hydroxylation is 1. The Kier molecular flexibility index (Phi) is 11.2. The average molecular weight is 645 g/mol. The van der Waals surface area contributed by atoms with Crippen LogP contribution in [0.1, 0.15) is 228 Å². The van der Waals surface area contributed by atoms with E-state index in [4.69, 9.17) is 0 Å². The van der Waals surface area contributed by atoms with Crippen molar-refractivity contribution >= 4 is 0 Å². The molecule has 0 unspecified atom stereocenters. The topological polar surface area (TPSA) is 0 Å². The predicted molar refractivity (Wildman–Crippen MR) is 215 cm³/mol. The largest absolute Gasteiger partial charge is 0.0584 e. The van der Waals surface area contributed by atoms with Crippen LogP contribution < -0.4 is 0 Å². The third-order valence-electron chi connectivity index (χ3n) is 9.83. The quantitative estimate of drug-likeness (QED) is 0.311. The molecule has 0 saturated carbocycles. The summed E-state index contributed by atoms with van der Waals surface area (Å²) in [5.41, 5.74) is 16.2. The second kappa shape index (κ2) is 12.6. The van der Waals surface area contributed by atoms with Crippen molar-refractivity contribution in [3.8, 4) is 0 Å². The van der Waals surface area contributed by atoms with Crippen LogP contribution in [-0.4, -0.2) is 0 Å². The van der Waals surface area contributed by atoms with Gasteiger partial charge in [0, 0.05) is 0 Å². The van der Waals surface area contributed by atoms with Gasteiger partial charge in [-0.3, -0.25) is 0 Å². The van der Waals surface area contributed by atoms with Crippen LogP contribution in [-0.2, 0) is 56.2 Å². The monoisotopic (exact) mass is 645 g/mol. The summed E-state index contributed by atoms with van der Waals surface area (Å²) in [4.78, 5) is 0. The van der Waals surface area contributed by atoms with Gasteiger partial charge in [0.25, 0.3) is 0 Å². The first-order chi connectivity index (χ1) is 20.4. The summed E-state index contributed by atoms with van der Waals surface area (Å²) in [6.07, 6.45) is 3.35. The van der Waals surface area contributed by atoms with Crippen molar-refractivity contribution in [2.24, 2.45) is 0 Å². The number of hydrogen-bond acceptors (Lipinski definition) is 0. The van der Waals surface area contributed by atoms with Crippen molar-refractivity contribution in [3.63, 3.8) is 0 Å². The van der Waals surface area contributed by atoms with Crippen molar-refractivity contribution in [1.29, 1.82) is 0 Å². The fraction of sp³-hybridized carbons (Fsp3) is 0.745. The third kappa shape index (κ3) is 9.17. The van der Waals surface area contributed by atoms with Gasteiger partial charge in [-0.25, -0.2) is 0 Å². The molecule has 0 bridgehead atoms. The van der Waals surface area contributed by atoms with Crippen LogP contribution in [0.2, 0.25) is 0 Å². The van der Waals surface area contributed by atoms with Crippen LogP contribution in [0.4, 0.5) is 0 Å². The average Bonchev–Trinajstić information content (AvgIpc) is 2.77. The van der Waals surface area contributed by atoms with Gasteiger partial charge in [0.2, 0.25) is 0 Å². The zero-order valence-electron chi connectivity index (χ0n) is 36.3. The lowest BCUT2D eigenvalue weighted by molar-refractivity contribution is 0.453. The summed E-state index contributed by atoms with van der Waals surface area (Å²) in [5, 5.41) is 0. The van der Waals surface area contributed by atoms with E-state index in [1.165, 1.54) is 5.56 Å². The maximum absolute atomic E-state index is 2.50. The van der Waals surface area contributed by atoms with Gasteiger partial charge in [-0.1, -0.05) is 178 Å². The molecular weight excluding hydrogens is 565 g/mol. The molecular formula is C47H80. The molecule has 0 aliphatic carbocycles. The Labute approximate surface area is 295 Å². The SMILES string of the molecule is CC(C)(C)c1ccc(CCCc2c(C(C)(C)C)c(C(C)(C)C)c(C(C)(C)C)c(C(C)(C)C)c2C(C)(C)C)c(C(C)(C)C)c1C(C)(C)C. The Morgan fingerprint density at radius 1 is 0.298 bits per heavy atom. The maximum Gasteiger partial charge on any atom is -0.0126 e. The fourth-order valence-corrected chi connectivity index (χ4v) is 8.53. The standard InChI is InChI=1S/C47H80/c1-40(2,3)32-29-28-30(33(41(4,5)6)36(32)44(13,14)15)26-25-27-31-34(42(7,8)9)37(45(16,17)18)39(47(22,23)24)38(46(19,20)21)35(31)43(10,11)12/h28-29H,25-27H2,1-24H3. The maximum atomic E-state index is 2.50. The van der Waals surface area contributed by atoms with E-state index < -0.39 is 0 Å². The van der Waals surface area contributed by atoms with E-state index in [0.29, 0.717) is 0 Å². The number of rotatable bonds is 4. The van der Waals surface area contributed by atoms with Crippen molar-refractivity contribution in [2.45, 2.75) is 229 Å². The van der Waals surface area contributed by atoms with Gasteiger partial charge in [0.1, 0.15) is 0 Å². The molecule has 0 N–H and O–H groups in total. The summed E-state index contributed by atoms with van der Waals surface area (Å²) in [6, 6.07) is 4.97. The Balaban J connectivity index is 3.10. The van der Waals surface area contributed by atoms with E-state index in [9.17, 15) is 0 Å². The molecule has 0 aliphatic rings. The third-order valence-corrected chi connectivity index (χ3v) is 9.83. The molecule has 0 fully saturated rings. The molecule has 0 nitrogen and oxygen atoms in total. The molecule has 2 rings (SSSR count). The summed E-state index contributed by atoms with van der Waals surface area (Å²) in [5.74, 6) is 0. The Morgan fingerprint density at radius 2 is 0.596 bits per heavy atom. The minimum absolute atomic E-state index is 0.0265. The molecule has 0 heterocycles. The van der Waals surface area contributed by atoms with Crippen molar-refractivity contribution in [1.82, 2.24) is 0 Å². The molecule has 268 valence electrons. The smallest absolute Gasteiger partial charge is 0.0126 e. The molecule has 0 saturated heterocycles. The first-order valence-corrected chi connectivity index (χ1v) is 18.9. The van der Waals surface area contributed by atoms with E-state index in [2.05, 4.69) is 178 Å². The lowest BCUT2D eigenvalue weighted by Crippen LogP contribution is -2.37. The van der Waals surface area contributed by atoms with E-state index in [0.717, 1.165) is 19.3 Å². The van der Waals surface area contributed by atoms with Crippen LogP contribution in [0.5, 0.6) is 0 Å². The Morgan fingerprint density at radius 3 is 0.872 bits per heavy atom. The molecule has 0 atom stereocenters. The van der Waals surface area contributed by atoms with Crippen molar-refractivity contribution in [2.75, 3.05) is 0 Å².